The van der Waals surface area contributed by atoms with Crippen molar-refractivity contribution in [2.45, 2.75) is 40.2 Å². The van der Waals surface area contributed by atoms with E-state index in [0.29, 0.717) is 6.04 Å². The summed E-state index contributed by atoms with van der Waals surface area (Å²) in [5, 5.41) is 15.2. The second-order valence-corrected chi connectivity index (χ2v) is 5.88. The molecule has 1 saturated heterocycles. The van der Waals surface area contributed by atoms with Gasteiger partial charge in [0.05, 0.1) is 6.04 Å². The SMILES string of the molecule is C=C(CC)C(=O)N1CC1C(C)(C)C.C=CC(=O)O.C=CC(=O)O. The molecule has 0 bridgehead atoms. The van der Waals surface area contributed by atoms with Gasteiger partial charge in [0.25, 0.3) is 0 Å². The highest BCUT2D eigenvalue weighted by atomic mass is 16.4. The first-order valence-corrected chi connectivity index (χ1v) is 7.11. The summed E-state index contributed by atoms with van der Waals surface area (Å²) in [5.41, 5.74) is 0.940. The highest BCUT2D eigenvalue weighted by molar-refractivity contribution is 5.94. The van der Waals surface area contributed by atoms with Crippen LogP contribution in [0.15, 0.2) is 37.5 Å². The van der Waals surface area contributed by atoms with Crippen LogP contribution in [0.2, 0.25) is 0 Å². The Morgan fingerprint density at radius 1 is 1.13 bits per heavy atom. The summed E-state index contributed by atoms with van der Waals surface area (Å²) in [6.45, 7) is 19.1. The molecule has 130 valence electrons. The highest BCUT2D eigenvalue weighted by Crippen LogP contribution is 2.35. The van der Waals surface area contributed by atoms with Crippen molar-refractivity contribution in [2.75, 3.05) is 6.54 Å². The predicted octanol–water partition coefficient (Wildman–Crippen LogP) is 2.72. The molecule has 1 atom stereocenters. The molecule has 0 radical (unpaired) electrons. The minimum absolute atomic E-state index is 0.141. The van der Waals surface area contributed by atoms with Crippen LogP contribution in [-0.2, 0) is 14.4 Å². The van der Waals surface area contributed by atoms with Crippen molar-refractivity contribution in [1.82, 2.24) is 4.90 Å². The molecule has 1 aliphatic heterocycles. The van der Waals surface area contributed by atoms with E-state index in [1.165, 1.54) is 0 Å². The maximum Gasteiger partial charge on any atom is 0.327 e. The summed E-state index contributed by atoms with van der Waals surface area (Å²) in [4.78, 5) is 32.0. The van der Waals surface area contributed by atoms with Gasteiger partial charge in [-0.25, -0.2) is 9.59 Å². The van der Waals surface area contributed by atoms with Gasteiger partial charge in [-0.05, 0) is 11.8 Å². The van der Waals surface area contributed by atoms with Crippen LogP contribution < -0.4 is 0 Å². The molecule has 1 unspecified atom stereocenters. The normalized spacial score (nSPS) is 15.0. The molecule has 23 heavy (non-hydrogen) atoms. The number of amides is 1. The van der Waals surface area contributed by atoms with Crippen molar-refractivity contribution in [3.05, 3.63) is 37.5 Å². The maximum atomic E-state index is 11.6. The Morgan fingerprint density at radius 2 is 1.48 bits per heavy atom. The number of aliphatic carboxylic acids is 2. The summed E-state index contributed by atoms with van der Waals surface area (Å²) >= 11 is 0. The van der Waals surface area contributed by atoms with Crippen molar-refractivity contribution in [2.24, 2.45) is 5.41 Å². The molecule has 0 aliphatic carbocycles. The molecule has 1 heterocycles. The number of nitrogens with zero attached hydrogens (tertiary/aromatic N) is 1. The van der Waals surface area contributed by atoms with E-state index < -0.39 is 11.9 Å². The van der Waals surface area contributed by atoms with Gasteiger partial charge in [-0.2, -0.15) is 0 Å². The van der Waals surface area contributed by atoms with E-state index in [4.69, 9.17) is 10.2 Å². The maximum absolute atomic E-state index is 11.6. The van der Waals surface area contributed by atoms with Crippen LogP contribution in [0.25, 0.3) is 0 Å². The van der Waals surface area contributed by atoms with Crippen LogP contribution in [0.3, 0.4) is 0 Å². The molecule has 0 saturated carbocycles. The van der Waals surface area contributed by atoms with E-state index in [-0.39, 0.29) is 11.3 Å². The van der Waals surface area contributed by atoms with Crippen LogP contribution >= 0.6 is 0 Å². The molecule has 0 aromatic rings. The zero-order valence-corrected chi connectivity index (χ0v) is 14.3. The van der Waals surface area contributed by atoms with E-state index in [9.17, 15) is 14.4 Å². The molecule has 1 fully saturated rings. The third-order valence-electron chi connectivity index (χ3n) is 2.95. The van der Waals surface area contributed by atoms with Crippen LogP contribution in [-0.4, -0.2) is 45.5 Å². The third-order valence-corrected chi connectivity index (χ3v) is 2.95. The van der Waals surface area contributed by atoms with E-state index in [1.54, 1.807) is 0 Å². The number of carboxylic acids is 2. The number of carboxylic acid groups (broad SMARTS) is 2. The summed E-state index contributed by atoms with van der Waals surface area (Å²) < 4.78 is 0. The molecule has 0 aromatic heterocycles. The lowest BCUT2D eigenvalue weighted by Crippen LogP contribution is -2.23. The lowest BCUT2D eigenvalue weighted by molar-refractivity contribution is -0.132. The van der Waals surface area contributed by atoms with Crippen molar-refractivity contribution >= 4 is 17.8 Å². The van der Waals surface area contributed by atoms with E-state index in [2.05, 4.69) is 40.5 Å². The summed E-state index contributed by atoms with van der Waals surface area (Å²) in [5.74, 6) is -1.82. The predicted molar refractivity (Wildman–Crippen MR) is 90.1 cm³/mol. The van der Waals surface area contributed by atoms with Crippen LogP contribution in [0.5, 0.6) is 0 Å². The van der Waals surface area contributed by atoms with Crippen molar-refractivity contribution in [1.29, 1.82) is 0 Å². The Hall–Kier alpha value is -2.37. The highest BCUT2D eigenvalue weighted by Gasteiger charge is 2.46. The molecule has 6 heteroatoms. The van der Waals surface area contributed by atoms with Gasteiger partial charge in [0.2, 0.25) is 5.91 Å². The number of hydrogen-bond donors (Lipinski definition) is 2. The average Bonchev–Trinajstić information content (AvgIpc) is 3.27. The molecule has 0 spiro atoms. The fourth-order valence-corrected chi connectivity index (χ4v) is 1.46. The molecule has 1 rings (SSSR count). The monoisotopic (exact) mass is 325 g/mol. The summed E-state index contributed by atoms with van der Waals surface area (Å²) in [7, 11) is 0. The Kier molecular flexibility index (Phi) is 10.3. The van der Waals surface area contributed by atoms with E-state index >= 15 is 0 Å². The molecule has 6 nitrogen and oxygen atoms in total. The first-order chi connectivity index (χ1) is 10.4. The van der Waals surface area contributed by atoms with Gasteiger partial charge in [-0.15, -0.1) is 0 Å². The van der Waals surface area contributed by atoms with Crippen molar-refractivity contribution in [3.63, 3.8) is 0 Å². The molecule has 1 aliphatic rings. The summed E-state index contributed by atoms with van der Waals surface area (Å²) in [6.07, 6.45) is 2.42. The van der Waals surface area contributed by atoms with Crippen LogP contribution in [0.1, 0.15) is 34.1 Å². The average molecular weight is 325 g/mol. The lowest BCUT2D eigenvalue weighted by Gasteiger charge is -2.18. The fourth-order valence-electron chi connectivity index (χ4n) is 1.46. The van der Waals surface area contributed by atoms with Crippen LogP contribution in [0.4, 0.5) is 0 Å². The smallest absolute Gasteiger partial charge is 0.327 e. The first kappa shape index (κ1) is 22.9. The number of rotatable bonds is 4. The van der Waals surface area contributed by atoms with Gasteiger partial charge in [0, 0.05) is 24.3 Å². The Morgan fingerprint density at radius 3 is 1.65 bits per heavy atom. The van der Waals surface area contributed by atoms with E-state index in [1.807, 2.05) is 11.8 Å². The Bertz CT molecular complexity index is 456. The molecule has 0 aromatic carbocycles. The number of carbonyl (C=O) groups excluding carboxylic acids is 1. The Balaban J connectivity index is 0. The molecule has 2 N–H and O–H groups in total. The van der Waals surface area contributed by atoms with Gasteiger partial charge in [-0.1, -0.05) is 47.4 Å². The topological polar surface area (TPSA) is 94.7 Å². The summed E-state index contributed by atoms with van der Waals surface area (Å²) in [6, 6.07) is 0.420. The van der Waals surface area contributed by atoms with Gasteiger partial charge >= 0.3 is 11.9 Å². The second kappa shape index (κ2) is 10.4. The van der Waals surface area contributed by atoms with Crippen LogP contribution in [0, 0.1) is 5.41 Å². The number of carbonyl (C=O) groups is 3. The quantitative estimate of drug-likeness (QED) is 0.612. The van der Waals surface area contributed by atoms with E-state index in [0.717, 1.165) is 30.7 Å². The first-order valence-electron chi connectivity index (χ1n) is 7.11. The van der Waals surface area contributed by atoms with Gasteiger partial charge in [0.1, 0.15) is 0 Å². The molecular weight excluding hydrogens is 298 g/mol. The number of hydrogen-bond acceptors (Lipinski definition) is 3. The zero-order chi connectivity index (χ0) is 18.8. The lowest BCUT2D eigenvalue weighted by atomic mass is 9.92. The molecule has 1 amide bonds. The van der Waals surface area contributed by atoms with Crippen molar-refractivity contribution < 1.29 is 24.6 Å². The zero-order valence-electron chi connectivity index (χ0n) is 14.3. The Labute approximate surface area is 137 Å². The van der Waals surface area contributed by atoms with Gasteiger partial charge in [0.15, 0.2) is 0 Å². The minimum Gasteiger partial charge on any atom is -0.478 e. The largest absolute Gasteiger partial charge is 0.478 e. The second-order valence-electron chi connectivity index (χ2n) is 5.88. The minimum atomic E-state index is -0.981. The standard InChI is InChI=1S/C11H19NO.2C3H4O2/c1-6-8(2)10(13)12-7-9(12)11(3,4)5;2*1-2-3(4)5/h9H,2,6-7H2,1,3-5H3;2*2H,1H2,(H,4,5). The fraction of sp³-hybridized carbons (Fsp3) is 0.471. The van der Waals surface area contributed by atoms with Gasteiger partial charge < -0.3 is 15.1 Å². The van der Waals surface area contributed by atoms with Crippen molar-refractivity contribution in [3.8, 4) is 0 Å². The third kappa shape index (κ3) is 10.9. The van der Waals surface area contributed by atoms with Gasteiger partial charge in [-0.3, -0.25) is 4.79 Å². The molecular formula is C17H27NO5.